The fourth-order valence-corrected chi connectivity index (χ4v) is 1.95. The van der Waals surface area contributed by atoms with Crippen LogP contribution in [0.1, 0.15) is 15.9 Å². The molecule has 7 heteroatoms. The zero-order valence-electron chi connectivity index (χ0n) is 12.6. The second kappa shape index (κ2) is 7.17. The molecule has 0 aromatic heterocycles. The minimum atomic E-state index is -0.656. The third kappa shape index (κ3) is 3.52. The Labute approximate surface area is 132 Å². The van der Waals surface area contributed by atoms with Crippen molar-refractivity contribution in [1.82, 2.24) is 5.43 Å². The van der Waals surface area contributed by atoms with E-state index in [1.165, 1.54) is 38.6 Å². The molecule has 0 atom stereocenters. The van der Waals surface area contributed by atoms with Gasteiger partial charge in [0.05, 0.1) is 26.0 Å². The molecule has 0 bridgehead atoms. The summed E-state index contributed by atoms with van der Waals surface area (Å²) < 4.78 is 10.4. The Bertz CT molecular complexity index is 743. The first kappa shape index (κ1) is 16.2. The van der Waals surface area contributed by atoms with Gasteiger partial charge in [-0.2, -0.15) is 5.10 Å². The van der Waals surface area contributed by atoms with Crippen molar-refractivity contribution < 1.29 is 24.5 Å². The molecule has 0 fully saturated rings. The zero-order chi connectivity index (χ0) is 16.8. The molecule has 7 nitrogen and oxygen atoms in total. The van der Waals surface area contributed by atoms with Crippen LogP contribution in [0.2, 0.25) is 0 Å². The first-order chi connectivity index (χ1) is 11.1. The average molecular weight is 316 g/mol. The normalized spacial score (nSPS) is 10.5. The highest BCUT2D eigenvalue weighted by molar-refractivity contribution is 5.98. The number of phenols is 2. The average Bonchev–Trinajstić information content (AvgIpc) is 2.56. The van der Waals surface area contributed by atoms with Crippen molar-refractivity contribution in [3.8, 4) is 23.0 Å². The quantitative estimate of drug-likeness (QED) is 0.444. The summed E-state index contributed by atoms with van der Waals surface area (Å²) >= 11 is 0. The predicted molar refractivity (Wildman–Crippen MR) is 84.4 cm³/mol. The number of carbonyl (C=O) groups excluding carboxylic acids is 1. The smallest absolute Gasteiger partial charge is 0.275 e. The molecule has 23 heavy (non-hydrogen) atoms. The number of nitrogens with one attached hydrogen (secondary N) is 1. The van der Waals surface area contributed by atoms with Crippen LogP contribution in [-0.2, 0) is 0 Å². The minimum Gasteiger partial charge on any atom is -0.504 e. The number of ether oxygens (including phenoxy) is 2. The number of amides is 1. The third-order valence-corrected chi connectivity index (χ3v) is 3.06. The summed E-state index contributed by atoms with van der Waals surface area (Å²) in [6.45, 7) is 0. The Balaban J connectivity index is 2.16. The van der Waals surface area contributed by atoms with E-state index in [0.29, 0.717) is 17.1 Å². The molecule has 0 aliphatic rings. The van der Waals surface area contributed by atoms with E-state index in [1.54, 1.807) is 18.2 Å². The molecule has 2 aromatic carbocycles. The number of hydrazone groups is 1. The van der Waals surface area contributed by atoms with Gasteiger partial charge in [0.2, 0.25) is 0 Å². The molecule has 1 amide bonds. The largest absolute Gasteiger partial charge is 0.504 e. The topological polar surface area (TPSA) is 100 Å². The first-order valence-electron chi connectivity index (χ1n) is 6.63. The molecule has 0 spiro atoms. The molecule has 0 radical (unpaired) electrons. The molecule has 3 N–H and O–H groups in total. The molecule has 0 saturated carbocycles. The molecule has 120 valence electrons. The maximum Gasteiger partial charge on any atom is 0.275 e. The van der Waals surface area contributed by atoms with Crippen LogP contribution in [0.25, 0.3) is 0 Å². The van der Waals surface area contributed by atoms with Crippen LogP contribution in [-0.4, -0.2) is 36.6 Å². The van der Waals surface area contributed by atoms with Crippen LogP contribution in [0.4, 0.5) is 0 Å². The Morgan fingerprint density at radius 3 is 2.57 bits per heavy atom. The second-order valence-electron chi connectivity index (χ2n) is 4.46. The highest BCUT2D eigenvalue weighted by atomic mass is 16.5. The van der Waals surface area contributed by atoms with E-state index in [9.17, 15) is 15.0 Å². The summed E-state index contributed by atoms with van der Waals surface area (Å²) in [6, 6.07) is 9.31. The lowest BCUT2D eigenvalue weighted by Gasteiger charge is -2.09. The van der Waals surface area contributed by atoms with Crippen molar-refractivity contribution in [3.63, 3.8) is 0 Å². The zero-order valence-corrected chi connectivity index (χ0v) is 12.6. The maximum atomic E-state index is 11.9. The molecule has 0 aliphatic heterocycles. The van der Waals surface area contributed by atoms with Crippen molar-refractivity contribution >= 4 is 12.1 Å². The summed E-state index contributed by atoms with van der Waals surface area (Å²) in [5, 5.41) is 22.8. The molecule has 2 rings (SSSR count). The van der Waals surface area contributed by atoms with E-state index in [0.717, 1.165) is 0 Å². The van der Waals surface area contributed by atoms with Gasteiger partial charge >= 0.3 is 0 Å². The highest BCUT2D eigenvalue weighted by Gasteiger charge is 2.13. The molecule has 2 aromatic rings. The van der Waals surface area contributed by atoms with E-state index in [2.05, 4.69) is 10.5 Å². The number of phenolic OH excluding ortho intramolecular Hbond substituents is 2. The van der Waals surface area contributed by atoms with Gasteiger partial charge in [0, 0.05) is 5.56 Å². The number of hydrogen-bond donors (Lipinski definition) is 3. The van der Waals surface area contributed by atoms with Gasteiger partial charge < -0.3 is 19.7 Å². The molecule has 0 unspecified atom stereocenters. The van der Waals surface area contributed by atoms with Gasteiger partial charge in [-0.3, -0.25) is 4.79 Å². The van der Waals surface area contributed by atoms with E-state index in [1.807, 2.05) is 0 Å². The lowest BCUT2D eigenvalue weighted by Crippen LogP contribution is -2.17. The summed E-state index contributed by atoms with van der Waals surface area (Å²) in [6.07, 6.45) is 1.39. The van der Waals surface area contributed by atoms with Crippen LogP contribution < -0.4 is 14.9 Å². The summed E-state index contributed by atoms with van der Waals surface area (Å²) in [5.41, 5.74) is 2.79. The van der Waals surface area contributed by atoms with Gasteiger partial charge in [0.25, 0.3) is 5.91 Å². The van der Waals surface area contributed by atoms with Crippen LogP contribution in [0.5, 0.6) is 23.0 Å². The fraction of sp³-hybridized carbons (Fsp3) is 0.125. The lowest BCUT2D eigenvalue weighted by atomic mass is 10.2. The number of carbonyl (C=O) groups is 1. The lowest BCUT2D eigenvalue weighted by molar-refractivity contribution is 0.0952. The maximum absolute atomic E-state index is 11.9. The molecular formula is C16H16N2O5. The van der Waals surface area contributed by atoms with Gasteiger partial charge in [-0.15, -0.1) is 0 Å². The first-order valence-corrected chi connectivity index (χ1v) is 6.63. The Morgan fingerprint density at radius 1 is 1.13 bits per heavy atom. The second-order valence-corrected chi connectivity index (χ2v) is 4.46. The molecular weight excluding hydrogens is 300 g/mol. The standard InChI is InChI=1S/C16H16N2O5/c1-22-13-8-3-5-10(15(13)23-2)9-17-18-16(21)11-6-4-7-12(19)14(11)20/h3-9,19-20H,1-2H3,(H,18,21)/b17-9+. The minimum absolute atomic E-state index is 0.0836. The van der Waals surface area contributed by atoms with E-state index < -0.39 is 11.7 Å². The Morgan fingerprint density at radius 2 is 1.87 bits per heavy atom. The van der Waals surface area contributed by atoms with Crippen LogP contribution in [0.3, 0.4) is 0 Å². The van der Waals surface area contributed by atoms with E-state index in [4.69, 9.17) is 9.47 Å². The number of rotatable bonds is 5. The highest BCUT2D eigenvalue weighted by Crippen LogP contribution is 2.29. The van der Waals surface area contributed by atoms with Crippen molar-refractivity contribution in [2.45, 2.75) is 0 Å². The molecule has 0 aliphatic carbocycles. The molecule has 0 saturated heterocycles. The predicted octanol–water partition coefficient (Wildman–Crippen LogP) is 1.88. The van der Waals surface area contributed by atoms with Crippen molar-refractivity contribution in [2.24, 2.45) is 5.10 Å². The number of hydrogen-bond acceptors (Lipinski definition) is 6. The monoisotopic (exact) mass is 316 g/mol. The number of methoxy groups -OCH3 is 2. The number of para-hydroxylation sites is 2. The van der Waals surface area contributed by atoms with Crippen LogP contribution in [0, 0.1) is 0 Å². The van der Waals surface area contributed by atoms with Gasteiger partial charge in [-0.1, -0.05) is 12.1 Å². The van der Waals surface area contributed by atoms with Gasteiger partial charge in [-0.05, 0) is 24.3 Å². The Kier molecular flexibility index (Phi) is 5.03. The number of aromatic hydroxyl groups is 2. The number of nitrogens with zero attached hydrogens (tertiary/aromatic N) is 1. The Hall–Kier alpha value is -3.22. The van der Waals surface area contributed by atoms with Crippen LogP contribution >= 0.6 is 0 Å². The van der Waals surface area contributed by atoms with Gasteiger partial charge in [0.15, 0.2) is 23.0 Å². The number of benzene rings is 2. The van der Waals surface area contributed by atoms with Crippen LogP contribution in [0.15, 0.2) is 41.5 Å². The fourth-order valence-electron chi connectivity index (χ4n) is 1.95. The van der Waals surface area contributed by atoms with Gasteiger partial charge in [0.1, 0.15) is 0 Å². The van der Waals surface area contributed by atoms with Crippen molar-refractivity contribution in [2.75, 3.05) is 14.2 Å². The third-order valence-electron chi connectivity index (χ3n) is 3.06. The van der Waals surface area contributed by atoms with Gasteiger partial charge in [-0.25, -0.2) is 5.43 Å². The van der Waals surface area contributed by atoms with Crippen molar-refractivity contribution in [1.29, 1.82) is 0 Å². The van der Waals surface area contributed by atoms with E-state index in [-0.39, 0.29) is 11.3 Å². The van der Waals surface area contributed by atoms with E-state index >= 15 is 0 Å². The SMILES string of the molecule is COc1cccc(/C=N/NC(=O)c2cccc(O)c2O)c1OC. The summed E-state index contributed by atoms with van der Waals surface area (Å²) in [4.78, 5) is 11.9. The molecule has 0 heterocycles. The summed E-state index contributed by atoms with van der Waals surface area (Å²) in [7, 11) is 3.02. The van der Waals surface area contributed by atoms with Crippen molar-refractivity contribution in [3.05, 3.63) is 47.5 Å². The summed E-state index contributed by atoms with van der Waals surface area (Å²) in [5.74, 6) is -0.520.